The Morgan fingerprint density at radius 2 is 1.09 bits per heavy atom. The number of nitrogens with two attached hydrogens (primary N) is 2. The molecule has 1 aromatic carbocycles. The van der Waals surface area contributed by atoms with Crippen molar-refractivity contribution in [1.82, 2.24) is 63.8 Å². The zero-order chi connectivity index (χ0) is 64.7. The molecular weight excluding hydrogens is 1120 g/mol. The van der Waals surface area contributed by atoms with Crippen molar-refractivity contribution in [1.29, 1.82) is 0 Å². The van der Waals surface area contributed by atoms with Gasteiger partial charge in [-0.25, -0.2) is 0 Å². The summed E-state index contributed by atoms with van der Waals surface area (Å²) in [5, 5.41) is 52.5. The van der Waals surface area contributed by atoms with Gasteiger partial charge in [-0.05, 0) is 88.3 Å². The molecule has 482 valence electrons. The summed E-state index contributed by atoms with van der Waals surface area (Å²) in [6.07, 6.45) is 1.52. The molecule has 1 aliphatic heterocycles. The molecule has 0 bridgehead atoms. The van der Waals surface area contributed by atoms with Gasteiger partial charge < -0.3 is 85.5 Å². The Morgan fingerprint density at radius 3 is 1.57 bits per heavy atom. The summed E-state index contributed by atoms with van der Waals surface area (Å²) in [6.45, 7) is 14.7. The maximum absolute atomic E-state index is 14.4. The van der Waals surface area contributed by atoms with E-state index in [2.05, 4.69) is 63.8 Å². The van der Waals surface area contributed by atoms with Gasteiger partial charge >= 0.3 is 0 Å². The molecule has 28 nitrogen and oxygen atoms in total. The number of primary amides is 1. The number of amides is 12. The van der Waals surface area contributed by atoms with E-state index in [1.54, 1.807) is 55.5 Å². The Balaban J connectivity index is 1.85. The fourth-order valence-electron chi connectivity index (χ4n) is 9.88. The smallest absolute Gasteiger partial charge is 0.246 e. The summed E-state index contributed by atoms with van der Waals surface area (Å²) in [6, 6.07) is -5.89. The predicted molar refractivity (Wildman–Crippen MR) is 317 cm³/mol. The second kappa shape index (κ2) is 34.7. The highest BCUT2D eigenvalue weighted by molar-refractivity contribution is 6.01. The summed E-state index contributed by atoms with van der Waals surface area (Å²) in [5.74, 6) is -12.7. The van der Waals surface area contributed by atoms with Gasteiger partial charge in [-0.2, -0.15) is 0 Å². The SMILES string of the molecule is CC[C@H](C)[C@H](NC(=O)[C@@H](Cc1ccccc1)NC)C(=O)N[C@@H](CO)C(=O)N[C@H](CCC(N)=O)C(=O)N[C@@H](C(=O)N[C@H](C(=O)N[C@@H](CO)C(=O)N[C@H]1C(=O)N[C@@H](C)C(=O)N[C@@]2(C[C@H]2CCN)C(=O)N[C@@H]([C@@H](C)CC)C(=O)N[C@H]1C)[C@@H](C)CC)[C@@H](C)CC. The Bertz CT molecular complexity index is 2530. The number of aliphatic hydroxyl groups is 2. The number of carbonyl (C=O) groups is 12. The molecule has 1 aromatic rings. The summed E-state index contributed by atoms with van der Waals surface area (Å²) in [5.41, 5.74) is 10.7. The van der Waals surface area contributed by atoms with E-state index in [-0.39, 0.29) is 31.7 Å². The van der Waals surface area contributed by atoms with Crippen LogP contribution in [-0.4, -0.2) is 180 Å². The fraction of sp³-hybridized carbons (Fsp3) is 0.690. The largest absolute Gasteiger partial charge is 0.394 e. The van der Waals surface area contributed by atoms with Gasteiger partial charge in [0.1, 0.15) is 59.9 Å². The first-order valence-electron chi connectivity index (χ1n) is 29.9. The van der Waals surface area contributed by atoms with Crippen molar-refractivity contribution in [2.75, 3.05) is 26.8 Å². The maximum Gasteiger partial charge on any atom is 0.246 e. The summed E-state index contributed by atoms with van der Waals surface area (Å²) < 4.78 is 0. The van der Waals surface area contributed by atoms with Crippen molar-refractivity contribution < 1.29 is 67.7 Å². The Morgan fingerprint density at radius 1 is 0.616 bits per heavy atom. The molecular formula is C58H96N14O14. The molecule has 0 aromatic heterocycles. The van der Waals surface area contributed by atoms with Crippen molar-refractivity contribution in [2.45, 2.75) is 199 Å². The van der Waals surface area contributed by atoms with Crippen LogP contribution in [0.1, 0.15) is 126 Å². The third-order valence-electron chi connectivity index (χ3n) is 16.6. The third kappa shape index (κ3) is 20.4. The zero-order valence-corrected chi connectivity index (χ0v) is 51.6. The second-order valence-electron chi connectivity index (χ2n) is 23.0. The Kier molecular flexibility index (Phi) is 29.5. The standard InChI is InChI=1S/C58H96N14O14/c1-12-29(5)42(68-49(78)38(61-11)25-35-19-17-16-18-20-35)53(82)65-39(27-73)50(79)64-37(21-22-41(60)75)48(77)67-44(31(7)14-3)55(84)69-43(30(6)13-2)54(83)66-40(28-74)51(80)70-46-33(9)62-52(81)45(32(8)15-4)71-57(86)58(26-36(58)23-24-59)72-47(76)34(10)63-56(46)85/h16-20,29-34,36-40,42-46,61,73-74H,12-15,21-28,59H2,1-11H3,(H2,60,75)(H,62,81)(H,63,85)(H,64,79)(H,65,82)(H,66,83)(H,67,77)(H,68,78)(H,69,84)(H,70,80)(H,71,86)(H,72,76)/t29-,30-,31-,32-,33-,34-,36+,37+,38+,39-,40-,42-,43-,44+,45-,46+,58+/m0/s1. The van der Waals surface area contributed by atoms with Crippen LogP contribution in [0.15, 0.2) is 30.3 Å². The minimum absolute atomic E-state index is 0.226. The van der Waals surface area contributed by atoms with Gasteiger partial charge in [-0.3, -0.25) is 57.5 Å². The number of likely N-dealkylation sites (N-methyl/N-ethyl adjacent to an activating group) is 1. The summed E-state index contributed by atoms with van der Waals surface area (Å²) in [7, 11) is 1.60. The quantitative estimate of drug-likeness (QED) is 0.0331. The molecule has 28 heteroatoms. The molecule has 86 heavy (non-hydrogen) atoms. The molecule has 1 spiro atoms. The first-order chi connectivity index (χ1) is 40.6. The van der Waals surface area contributed by atoms with Crippen LogP contribution >= 0.6 is 0 Å². The lowest BCUT2D eigenvalue weighted by Gasteiger charge is -2.32. The van der Waals surface area contributed by atoms with Crippen molar-refractivity contribution in [3.8, 4) is 0 Å². The van der Waals surface area contributed by atoms with Gasteiger partial charge in [0.25, 0.3) is 0 Å². The van der Waals surface area contributed by atoms with Gasteiger partial charge in [-0.15, -0.1) is 0 Å². The van der Waals surface area contributed by atoms with Crippen LogP contribution in [0, 0.1) is 29.6 Å². The molecule has 12 amide bonds. The molecule has 17 atom stereocenters. The topological polar surface area (TPSA) is 442 Å². The van der Waals surface area contributed by atoms with Crippen molar-refractivity contribution >= 4 is 70.9 Å². The van der Waals surface area contributed by atoms with Crippen LogP contribution in [0.5, 0.6) is 0 Å². The lowest BCUT2D eigenvalue weighted by atomic mass is 9.94. The van der Waals surface area contributed by atoms with E-state index in [0.717, 1.165) is 5.56 Å². The zero-order valence-electron chi connectivity index (χ0n) is 51.6. The molecule has 2 fully saturated rings. The lowest BCUT2D eigenvalue weighted by molar-refractivity contribution is -0.138. The average molecular weight is 1210 g/mol. The number of benzene rings is 1. The van der Waals surface area contributed by atoms with E-state index in [4.69, 9.17) is 11.5 Å². The highest BCUT2D eigenvalue weighted by Gasteiger charge is 2.61. The number of hydrogen-bond acceptors (Lipinski definition) is 16. The molecule has 1 saturated heterocycles. The van der Waals surface area contributed by atoms with Gasteiger partial charge in [-0.1, -0.05) is 111 Å². The molecule has 0 unspecified atom stereocenters. The van der Waals surface area contributed by atoms with Crippen LogP contribution < -0.4 is 75.3 Å². The summed E-state index contributed by atoms with van der Waals surface area (Å²) in [4.78, 5) is 166. The predicted octanol–water partition coefficient (Wildman–Crippen LogP) is -3.62. The van der Waals surface area contributed by atoms with E-state index in [1.807, 2.05) is 37.3 Å². The number of rotatable bonds is 32. The molecule has 18 N–H and O–H groups in total. The number of nitrogens with one attached hydrogen (secondary N) is 12. The first-order valence-corrected chi connectivity index (χ1v) is 29.9. The van der Waals surface area contributed by atoms with Crippen LogP contribution in [0.2, 0.25) is 0 Å². The fourth-order valence-corrected chi connectivity index (χ4v) is 9.88. The highest BCUT2D eigenvalue weighted by atomic mass is 16.3. The number of hydrogen-bond donors (Lipinski definition) is 16. The van der Waals surface area contributed by atoms with E-state index in [9.17, 15) is 67.7 Å². The molecule has 1 aliphatic carbocycles. The number of aliphatic hydroxyl groups excluding tert-OH is 2. The Hall–Kier alpha value is -7.30. The van der Waals surface area contributed by atoms with Gasteiger partial charge in [0.15, 0.2) is 0 Å². The van der Waals surface area contributed by atoms with Crippen LogP contribution in [0.25, 0.3) is 0 Å². The van der Waals surface area contributed by atoms with E-state index in [1.165, 1.54) is 13.8 Å². The van der Waals surface area contributed by atoms with Crippen molar-refractivity contribution in [2.24, 2.45) is 41.1 Å². The maximum atomic E-state index is 14.4. The normalized spacial score (nSPS) is 23.6. The third-order valence-corrected chi connectivity index (χ3v) is 16.6. The van der Waals surface area contributed by atoms with Gasteiger partial charge in [0.2, 0.25) is 70.9 Å². The second-order valence-corrected chi connectivity index (χ2v) is 23.0. The van der Waals surface area contributed by atoms with E-state index < -0.39 is 193 Å². The van der Waals surface area contributed by atoms with Crippen LogP contribution in [0.3, 0.4) is 0 Å². The molecule has 2 aliphatic rings. The highest BCUT2D eigenvalue weighted by Crippen LogP contribution is 2.46. The van der Waals surface area contributed by atoms with Crippen LogP contribution in [-0.2, 0) is 64.0 Å². The monoisotopic (exact) mass is 1210 g/mol. The minimum Gasteiger partial charge on any atom is -0.394 e. The van der Waals surface area contributed by atoms with E-state index >= 15 is 0 Å². The lowest BCUT2D eigenvalue weighted by Crippen LogP contribution is -2.64. The molecule has 3 rings (SSSR count). The van der Waals surface area contributed by atoms with Crippen molar-refractivity contribution in [3.05, 3.63) is 35.9 Å². The van der Waals surface area contributed by atoms with Gasteiger partial charge in [0, 0.05) is 6.42 Å². The molecule has 1 heterocycles. The number of carbonyl (C=O) groups excluding carboxylic acids is 12. The first kappa shape index (κ1) is 73.0. The molecule has 1 saturated carbocycles. The Labute approximate surface area is 503 Å². The minimum atomic E-state index is -1.78. The summed E-state index contributed by atoms with van der Waals surface area (Å²) >= 11 is 0. The molecule has 0 radical (unpaired) electrons. The van der Waals surface area contributed by atoms with Crippen LogP contribution in [0.4, 0.5) is 0 Å². The van der Waals surface area contributed by atoms with Crippen molar-refractivity contribution in [3.63, 3.8) is 0 Å². The van der Waals surface area contributed by atoms with E-state index in [0.29, 0.717) is 25.7 Å². The average Bonchev–Trinajstić information content (AvgIpc) is 1.64. The van der Waals surface area contributed by atoms with Gasteiger partial charge in [0.05, 0.1) is 25.3 Å².